The second-order valence-corrected chi connectivity index (χ2v) is 12.2. The van der Waals surface area contributed by atoms with E-state index in [9.17, 15) is 4.79 Å². The zero-order valence-corrected chi connectivity index (χ0v) is 23.2. The monoisotopic (exact) mass is 541 g/mol. The highest BCUT2D eigenvalue weighted by molar-refractivity contribution is 8.76. The highest BCUT2D eigenvalue weighted by Gasteiger charge is 2.36. The van der Waals surface area contributed by atoms with Gasteiger partial charge in [0, 0.05) is 29.3 Å². The number of rotatable bonds is 12. The van der Waals surface area contributed by atoms with Gasteiger partial charge in [0.1, 0.15) is 29.7 Å². The molecule has 0 saturated carbocycles. The number of hydrogen-bond donors (Lipinski definition) is 2. The summed E-state index contributed by atoms with van der Waals surface area (Å²) in [5, 5.41) is 5.61. The first-order valence-electron chi connectivity index (χ1n) is 12.6. The van der Waals surface area contributed by atoms with Crippen LogP contribution in [0.4, 0.5) is 22.0 Å². The number of carbonyl (C=O) groups is 1. The molecule has 0 amide bonds. The predicted molar refractivity (Wildman–Crippen MR) is 154 cm³/mol. The van der Waals surface area contributed by atoms with E-state index in [-0.39, 0.29) is 24.8 Å². The van der Waals surface area contributed by atoms with E-state index in [1.165, 1.54) is 0 Å². The van der Waals surface area contributed by atoms with E-state index in [1.807, 2.05) is 36.4 Å². The molecule has 10 heteroatoms. The number of ether oxygens (including phenoxy) is 2. The van der Waals surface area contributed by atoms with Gasteiger partial charge in [-0.25, -0.2) is 14.8 Å². The topological polar surface area (TPSA) is 103 Å². The van der Waals surface area contributed by atoms with Crippen molar-refractivity contribution in [2.24, 2.45) is 5.41 Å². The Morgan fingerprint density at radius 3 is 2.78 bits per heavy atom. The molecule has 3 heterocycles. The van der Waals surface area contributed by atoms with Crippen LogP contribution in [0.1, 0.15) is 40.0 Å². The third-order valence-electron chi connectivity index (χ3n) is 6.05. The van der Waals surface area contributed by atoms with Crippen molar-refractivity contribution in [3.05, 3.63) is 48.7 Å². The van der Waals surface area contributed by atoms with E-state index >= 15 is 0 Å². The Bertz CT molecular complexity index is 1200. The number of anilines is 3. The molecule has 1 aromatic carbocycles. The summed E-state index contributed by atoms with van der Waals surface area (Å²) in [7, 11) is 3.15. The summed E-state index contributed by atoms with van der Waals surface area (Å²) < 4.78 is 10.8. The molecule has 2 aromatic heterocycles. The van der Waals surface area contributed by atoms with Crippen molar-refractivity contribution in [1.29, 1.82) is 0 Å². The Morgan fingerprint density at radius 1 is 1.19 bits per heavy atom. The number of nitrogens with zero attached hydrogens (tertiary/aromatic N) is 3. The molecule has 1 atom stereocenters. The number of hydrogen-bond acceptors (Lipinski definition) is 10. The lowest BCUT2D eigenvalue weighted by Gasteiger charge is -2.35. The van der Waals surface area contributed by atoms with E-state index in [2.05, 4.69) is 47.0 Å². The molecular formula is C27H35N5O3S2. The molecule has 8 nitrogen and oxygen atoms in total. The average molecular weight is 542 g/mol. The lowest BCUT2D eigenvalue weighted by Crippen LogP contribution is -2.43. The molecule has 0 spiro atoms. The number of fused-ring (bicyclic) bond motifs is 3. The molecule has 0 radical (unpaired) electrons. The molecule has 37 heavy (non-hydrogen) atoms. The van der Waals surface area contributed by atoms with Gasteiger partial charge in [0.25, 0.3) is 0 Å². The van der Waals surface area contributed by atoms with Crippen molar-refractivity contribution in [3.63, 3.8) is 0 Å². The second-order valence-electron chi connectivity index (χ2n) is 9.79. The highest BCUT2D eigenvalue weighted by Crippen LogP contribution is 2.45. The fourth-order valence-electron chi connectivity index (χ4n) is 4.33. The normalized spacial score (nSPS) is 14.9. The van der Waals surface area contributed by atoms with Gasteiger partial charge in [-0.3, -0.25) is 0 Å². The quantitative estimate of drug-likeness (QED) is 0.148. The van der Waals surface area contributed by atoms with Gasteiger partial charge in [-0.1, -0.05) is 62.3 Å². The van der Waals surface area contributed by atoms with Crippen LogP contribution < -0.4 is 16.0 Å². The van der Waals surface area contributed by atoms with Crippen molar-refractivity contribution in [2.75, 3.05) is 41.5 Å². The van der Waals surface area contributed by atoms with Gasteiger partial charge in [-0.2, -0.15) is 0 Å². The van der Waals surface area contributed by atoms with Crippen LogP contribution in [-0.2, 0) is 9.47 Å². The smallest absolute Gasteiger partial charge is 0.434 e. The van der Waals surface area contributed by atoms with Crippen LogP contribution in [-0.4, -0.2) is 47.8 Å². The van der Waals surface area contributed by atoms with E-state index in [0.717, 1.165) is 46.6 Å². The molecule has 0 aliphatic carbocycles. The van der Waals surface area contributed by atoms with Crippen LogP contribution in [0, 0.1) is 5.41 Å². The van der Waals surface area contributed by atoms with Crippen molar-refractivity contribution in [2.45, 2.75) is 51.2 Å². The summed E-state index contributed by atoms with van der Waals surface area (Å²) in [5.74, 6) is 1.16. The van der Waals surface area contributed by atoms with Gasteiger partial charge in [0.05, 0.1) is 17.4 Å². The minimum atomic E-state index is -0.641. The number of nitrogens with two attached hydrogens (primary N) is 1. The van der Waals surface area contributed by atoms with Gasteiger partial charge in [-0.15, -0.1) is 0 Å². The molecule has 0 fully saturated rings. The predicted octanol–water partition coefficient (Wildman–Crippen LogP) is 6.58. The van der Waals surface area contributed by atoms with Gasteiger partial charge in [0.2, 0.25) is 0 Å². The fourth-order valence-corrected chi connectivity index (χ4v) is 6.03. The maximum Gasteiger partial charge on any atom is 0.508 e. The summed E-state index contributed by atoms with van der Waals surface area (Å²) in [5.41, 5.74) is 8.87. The van der Waals surface area contributed by atoms with E-state index in [1.54, 1.807) is 27.8 Å². The van der Waals surface area contributed by atoms with Crippen LogP contribution in [0.5, 0.6) is 0 Å². The van der Waals surface area contributed by atoms with Gasteiger partial charge in [0.15, 0.2) is 0 Å². The van der Waals surface area contributed by atoms with Crippen molar-refractivity contribution in [1.82, 2.24) is 9.97 Å². The third-order valence-corrected chi connectivity index (χ3v) is 8.28. The maximum absolute atomic E-state index is 12.3. The molecule has 0 bridgehead atoms. The SMILES string of the molecule is CCCCC1Nc2c(N)nc3ccccc3c2N1CC(C)(C)COC(=O)OCCSSc1ccccn1. The van der Waals surface area contributed by atoms with Crippen molar-refractivity contribution >= 4 is 55.8 Å². The number of nitrogens with one attached hydrogen (secondary N) is 1. The second kappa shape index (κ2) is 12.6. The van der Waals surface area contributed by atoms with E-state index in [4.69, 9.17) is 15.2 Å². The van der Waals surface area contributed by atoms with Crippen LogP contribution >= 0.6 is 21.6 Å². The zero-order chi connectivity index (χ0) is 26.3. The molecule has 1 aliphatic rings. The van der Waals surface area contributed by atoms with Crippen molar-refractivity contribution < 1.29 is 14.3 Å². The molecule has 1 aliphatic heterocycles. The summed E-state index contributed by atoms with van der Waals surface area (Å²) in [4.78, 5) is 23.5. The molecule has 198 valence electrons. The minimum absolute atomic E-state index is 0.102. The zero-order valence-electron chi connectivity index (χ0n) is 21.6. The summed E-state index contributed by atoms with van der Waals surface area (Å²) in [6, 6.07) is 13.8. The lowest BCUT2D eigenvalue weighted by molar-refractivity contribution is 0.0342. The average Bonchev–Trinajstić information content (AvgIpc) is 3.25. The van der Waals surface area contributed by atoms with E-state index in [0.29, 0.717) is 18.1 Å². The standard InChI is InChI=1S/C27H35N5O3S2/c1-4-5-12-21-31-23-24(19-10-6-7-11-20(19)30-25(23)28)32(21)17-27(2,3)18-35-26(33)34-15-16-36-37-22-13-8-9-14-29-22/h6-11,13-14,21,31H,4-5,12,15-18H2,1-3H3,(H2,28,30). The van der Waals surface area contributed by atoms with Gasteiger partial charge in [-0.05, 0) is 41.8 Å². The van der Waals surface area contributed by atoms with Gasteiger partial charge >= 0.3 is 6.16 Å². The molecule has 0 saturated heterocycles. The summed E-state index contributed by atoms with van der Waals surface area (Å²) in [6.07, 6.45) is 4.39. The molecule has 4 rings (SSSR count). The number of nitrogen functional groups attached to an aromatic ring is 1. The number of carbonyl (C=O) groups excluding carboxylic acids is 1. The number of benzene rings is 1. The number of pyridine rings is 2. The molecule has 1 unspecified atom stereocenters. The first-order chi connectivity index (χ1) is 17.9. The van der Waals surface area contributed by atoms with Crippen molar-refractivity contribution in [3.8, 4) is 0 Å². The number of unbranched alkanes of at least 4 members (excludes halogenated alkanes) is 1. The highest BCUT2D eigenvalue weighted by atomic mass is 33.1. The molecule has 3 N–H and O–H groups in total. The largest absolute Gasteiger partial charge is 0.508 e. The van der Waals surface area contributed by atoms with Crippen LogP contribution in [0.3, 0.4) is 0 Å². The van der Waals surface area contributed by atoms with Gasteiger partial charge < -0.3 is 25.4 Å². The number of para-hydroxylation sites is 1. The Morgan fingerprint density at radius 2 is 2.00 bits per heavy atom. The summed E-state index contributed by atoms with van der Waals surface area (Å²) >= 11 is 0. The first kappa shape index (κ1) is 27.2. The fraction of sp³-hybridized carbons (Fsp3) is 0.444. The van der Waals surface area contributed by atoms with Crippen LogP contribution in [0.25, 0.3) is 10.9 Å². The Hall–Kier alpha value is -2.85. The Labute approximate surface area is 226 Å². The number of aromatic nitrogens is 2. The Kier molecular flexibility index (Phi) is 9.26. The molecule has 3 aromatic rings. The first-order valence-corrected chi connectivity index (χ1v) is 14.9. The summed E-state index contributed by atoms with van der Waals surface area (Å²) in [6.45, 7) is 7.59. The minimum Gasteiger partial charge on any atom is -0.434 e. The van der Waals surface area contributed by atoms with Crippen LogP contribution in [0.15, 0.2) is 53.7 Å². The maximum atomic E-state index is 12.3. The third kappa shape index (κ3) is 7.13. The van der Waals surface area contributed by atoms with E-state index < -0.39 is 6.16 Å². The Balaban J connectivity index is 1.34. The lowest BCUT2D eigenvalue weighted by atomic mass is 9.93. The van der Waals surface area contributed by atoms with Crippen LogP contribution in [0.2, 0.25) is 0 Å². The molecular weight excluding hydrogens is 506 g/mol.